The van der Waals surface area contributed by atoms with Gasteiger partial charge in [0, 0.05) is 6.54 Å². The third kappa shape index (κ3) is 3.62. The predicted molar refractivity (Wildman–Crippen MR) is 70.0 cm³/mol. The van der Waals surface area contributed by atoms with Crippen molar-refractivity contribution in [3.63, 3.8) is 0 Å². The Bertz CT molecular complexity index is 537. The third-order valence-electron chi connectivity index (χ3n) is 2.56. The molecule has 1 amide bonds. The highest BCUT2D eigenvalue weighted by Gasteiger charge is 2.11. The monoisotopic (exact) mass is 260 g/mol. The average Bonchev–Trinajstić information content (AvgIpc) is 2.89. The van der Waals surface area contributed by atoms with Gasteiger partial charge in [-0.2, -0.15) is 9.90 Å². The van der Waals surface area contributed by atoms with Crippen molar-refractivity contribution in [2.45, 2.75) is 19.4 Å². The van der Waals surface area contributed by atoms with Gasteiger partial charge in [0.1, 0.15) is 0 Å². The molecule has 2 rings (SSSR count). The van der Waals surface area contributed by atoms with Gasteiger partial charge < -0.3 is 10.4 Å². The van der Waals surface area contributed by atoms with Gasteiger partial charge in [0.05, 0.1) is 18.0 Å². The molecule has 2 N–H and O–H groups in total. The van der Waals surface area contributed by atoms with Gasteiger partial charge in [0.15, 0.2) is 5.69 Å². The number of carbonyl (C=O) groups excluding carboxylic acids is 1. The summed E-state index contributed by atoms with van der Waals surface area (Å²) in [5.74, 6) is -0.289. The quantitative estimate of drug-likeness (QED) is 0.832. The maximum atomic E-state index is 11.8. The highest BCUT2D eigenvalue weighted by molar-refractivity contribution is 5.91. The van der Waals surface area contributed by atoms with Crippen LogP contribution in [-0.2, 0) is 0 Å². The number of hydrogen-bond acceptors (Lipinski definition) is 4. The number of nitrogens with one attached hydrogen (secondary N) is 1. The minimum atomic E-state index is -0.430. The molecule has 6 heteroatoms. The average molecular weight is 260 g/mol. The van der Waals surface area contributed by atoms with Crippen molar-refractivity contribution in [3.8, 4) is 5.69 Å². The van der Waals surface area contributed by atoms with E-state index in [1.54, 1.807) is 6.92 Å². The summed E-state index contributed by atoms with van der Waals surface area (Å²) in [4.78, 5) is 13.2. The first kappa shape index (κ1) is 13.2. The van der Waals surface area contributed by atoms with E-state index in [1.807, 2.05) is 30.3 Å². The second-order valence-electron chi connectivity index (χ2n) is 4.25. The number of aliphatic hydroxyl groups is 1. The van der Waals surface area contributed by atoms with Crippen LogP contribution in [-0.4, -0.2) is 38.7 Å². The number of carbonyl (C=O) groups is 1. The lowest BCUT2D eigenvalue weighted by atomic mass is 10.3. The zero-order valence-electron chi connectivity index (χ0n) is 10.7. The highest BCUT2D eigenvalue weighted by atomic mass is 16.3. The van der Waals surface area contributed by atoms with Crippen LogP contribution in [0.5, 0.6) is 0 Å². The van der Waals surface area contributed by atoms with E-state index in [2.05, 4.69) is 15.5 Å². The van der Waals surface area contributed by atoms with Gasteiger partial charge >= 0.3 is 0 Å². The summed E-state index contributed by atoms with van der Waals surface area (Å²) < 4.78 is 0. The van der Waals surface area contributed by atoms with Gasteiger partial charge in [0.25, 0.3) is 5.91 Å². The van der Waals surface area contributed by atoms with Crippen LogP contribution in [0.1, 0.15) is 23.8 Å². The zero-order valence-corrected chi connectivity index (χ0v) is 10.7. The first-order valence-corrected chi connectivity index (χ1v) is 6.11. The Balaban J connectivity index is 1.99. The first-order chi connectivity index (χ1) is 9.16. The Morgan fingerprint density at radius 3 is 2.84 bits per heavy atom. The van der Waals surface area contributed by atoms with E-state index < -0.39 is 6.10 Å². The topological polar surface area (TPSA) is 80.0 Å². The number of aliphatic hydroxyl groups excluding tert-OH is 1. The molecule has 6 nitrogen and oxygen atoms in total. The van der Waals surface area contributed by atoms with E-state index in [1.165, 1.54) is 11.0 Å². The highest BCUT2D eigenvalue weighted by Crippen LogP contribution is 2.04. The van der Waals surface area contributed by atoms with Gasteiger partial charge in [-0.05, 0) is 25.5 Å². The second kappa shape index (κ2) is 6.10. The van der Waals surface area contributed by atoms with Crippen molar-refractivity contribution >= 4 is 5.91 Å². The SMILES string of the molecule is CC(O)CCNC(=O)c1cnn(-c2ccccc2)n1. The Hall–Kier alpha value is -2.21. The van der Waals surface area contributed by atoms with E-state index in [-0.39, 0.29) is 11.6 Å². The Morgan fingerprint density at radius 2 is 2.16 bits per heavy atom. The molecule has 19 heavy (non-hydrogen) atoms. The number of rotatable bonds is 5. The van der Waals surface area contributed by atoms with E-state index >= 15 is 0 Å². The van der Waals surface area contributed by atoms with Crippen molar-refractivity contribution in [1.82, 2.24) is 20.3 Å². The van der Waals surface area contributed by atoms with Crippen LogP contribution in [0.15, 0.2) is 36.5 Å². The summed E-state index contributed by atoms with van der Waals surface area (Å²) in [5.41, 5.74) is 1.06. The van der Waals surface area contributed by atoms with Gasteiger partial charge in [-0.15, -0.1) is 5.10 Å². The summed E-state index contributed by atoms with van der Waals surface area (Å²) in [7, 11) is 0. The Morgan fingerprint density at radius 1 is 1.42 bits per heavy atom. The number of amides is 1. The van der Waals surface area contributed by atoms with E-state index in [4.69, 9.17) is 5.11 Å². The number of aromatic nitrogens is 3. The molecule has 0 bridgehead atoms. The van der Waals surface area contributed by atoms with E-state index in [9.17, 15) is 4.79 Å². The number of hydrogen-bond donors (Lipinski definition) is 2. The van der Waals surface area contributed by atoms with Crippen molar-refractivity contribution in [1.29, 1.82) is 0 Å². The fraction of sp³-hybridized carbons (Fsp3) is 0.308. The summed E-state index contributed by atoms with van der Waals surface area (Å²) in [5, 5.41) is 19.9. The molecule has 0 radical (unpaired) electrons. The molecule has 0 saturated heterocycles. The van der Waals surface area contributed by atoms with E-state index in [0.717, 1.165) is 5.69 Å². The molecule has 0 aliphatic rings. The predicted octanol–water partition coefficient (Wildman–Crippen LogP) is 0.768. The summed E-state index contributed by atoms with van der Waals surface area (Å²) >= 11 is 0. The van der Waals surface area contributed by atoms with Crippen LogP contribution in [0.25, 0.3) is 5.69 Å². The summed E-state index contributed by atoms with van der Waals surface area (Å²) in [6, 6.07) is 9.36. The lowest BCUT2D eigenvalue weighted by molar-refractivity contribution is 0.0940. The fourth-order valence-corrected chi connectivity index (χ4v) is 1.54. The zero-order chi connectivity index (χ0) is 13.7. The molecular weight excluding hydrogens is 244 g/mol. The molecule has 1 unspecified atom stereocenters. The molecule has 0 aliphatic carbocycles. The fourth-order valence-electron chi connectivity index (χ4n) is 1.54. The van der Waals surface area contributed by atoms with Crippen molar-refractivity contribution in [2.75, 3.05) is 6.54 Å². The molecule has 2 aromatic rings. The molecule has 0 saturated carbocycles. The van der Waals surface area contributed by atoms with Crippen molar-refractivity contribution < 1.29 is 9.90 Å². The normalized spacial score (nSPS) is 12.1. The van der Waals surface area contributed by atoms with Gasteiger partial charge in [0.2, 0.25) is 0 Å². The van der Waals surface area contributed by atoms with Crippen LogP contribution in [0.4, 0.5) is 0 Å². The molecule has 1 aromatic heterocycles. The van der Waals surface area contributed by atoms with Crippen molar-refractivity contribution in [2.24, 2.45) is 0 Å². The van der Waals surface area contributed by atoms with Crippen LogP contribution >= 0.6 is 0 Å². The van der Waals surface area contributed by atoms with Gasteiger partial charge in [-0.25, -0.2) is 0 Å². The maximum absolute atomic E-state index is 11.8. The summed E-state index contributed by atoms with van der Waals surface area (Å²) in [6.45, 7) is 2.09. The number of benzene rings is 1. The van der Waals surface area contributed by atoms with E-state index in [0.29, 0.717) is 13.0 Å². The largest absolute Gasteiger partial charge is 0.393 e. The van der Waals surface area contributed by atoms with Crippen LogP contribution in [0, 0.1) is 0 Å². The smallest absolute Gasteiger partial charge is 0.273 e. The third-order valence-corrected chi connectivity index (χ3v) is 2.56. The molecule has 1 heterocycles. The molecule has 100 valence electrons. The Labute approximate surface area is 111 Å². The molecule has 0 spiro atoms. The van der Waals surface area contributed by atoms with Gasteiger partial charge in [-0.1, -0.05) is 18.2 Å². The lowest BCUT2D eigenvalue weighted by Crippen LogP contribution is -2.27. The standard InChI is InChI=1S/C13H16N4O2/c1-10(18)7-8-14-13(19)12-9-15-17(16-12)11-5-3-2-4-6-11/h2-6,9-10,18H,7-8H2,1H3,(H,14,19). The summed E-state index contributed by atoms with van der Waals surface area (Å²) in [6.07, 6.45) is 1.50. The molecule has 1 atom stereocenters. The first-order valence-electron chi connectivity index (χ1n) is 6.11. The molecule has 1 aromatic carbocycles. The van der Waals surface area contributed by atoms with Crippen LogP contribution in [0.2, 0.25) is 0 Å². The Kier molecular flexibility index (Phi) is 4.25. The molecule has 0 fully saturated rings. The molecule has 0 aliphatic heterocycles. The second-order valence-corrected chi connectivity index (χ2v) is 4.25. The van der Waals surface area contributed by atoms with Gasteiger partial charge in [-0.3, -0.25) is 4.79 Å². The maximum Gasteiger partial charge on any atom is 0.273 e. The number of nitrogens with zero attached hydrogens (tertiary/aromatic N) is 3. The molecular formula is C13H16N4O2. The lowest BCUT2D eigenvalue weighted by Gasteiger charge is -2.04. The number of para-hydroxylation sites is 1. The van der Waals surface area contributed by atoms with Crippen molar-refractivity contribution in [3.05, 3.63) is 42.2 Å². The van der Waals surface area contributed by atoms with Crippen LogP contribution in [0.3, 0.4) is 0 Å². The minimum absolute atomic E-state index is 0.259. The minimum Gasteiger partial charge on any atom is -0.393 e. The van der Waals surface area contributed by atoms with Crippen LogP contribution < -0.4 is 5.32 Å².